The van der Waals surface area contributed by atoms with Crippen LogP contribution in [-0.2, 0) is 0 Å². The van der Waals surface area contributed by atoms with E-state index in [1.165, 1.54) is 0 Å². The molecule has 2 aromatic rings. The maximum absolute atomic E-state index is 6.03. The van der Waals surface area contributed by atoms with E-state index in [9.17, 15) is 0 Å². The van der Waals surface area contributed by atoms with Crippen LogP contribution in [-0.4, -0.2) is 11.0 Å². The van der Waals surface area contributed by atoms with E-state index in [1.54, 1.807) is 0 Å². The lowest BCUT2D eigenvalue weighted by Gasteiger charge is -2.23. The van der Waals surface area contributed by atoms with Crippen molar-refractivity contribution in [3.05, 3.63) is 28.9 Å². The Kier molecular flexibility index (Phi) is 4.30. The fraction of sp³-hybridized carbons (Fsp3) is 0.400. The number of nitrogens with one attached hydrogen (secondary N) is 1. The van der Waals surface area contributed by atoms with Gasteiger partial charge in [0.25, 0.3) is 0 Å². The van der Waals surface area contributed by atoms with Crippen molar-refractivity contribution in [2.45, 2.75) is 33.2 Å². The third-order valence-electron chi connectivity index (χ3n) is 3.44. The molecule has 0 fully saturated rings. The quantitative estimate of drug-likeness (QED) is 0.819. The molecule has 1 atom stereocenters. The number of anilines is 2. The Hall–Kier alpha value is -1.29. The van der Waals surface area contributed by atoms with Crippen LogP contribution < -0.4 is 11.1 Å². The van der Waals surface area contributed by atoms with Crippen molar-refractivity contribution in [2.75, 3.05) is 11.1 Å². The minimum atomic E-state index is 0.442. The number of pyridine rings is 1. The first-order valence-corrected chi connectivity index (χ1v) is 7.42. The first-order valence-electron chi connectivity index (χ1n) is 6.63. The van der Waals surface area contributed by atoms with Gasteiger partial charge in [-0.05, 0) is 46.5 Å². The molecule has 2 rings (SSSR count). The number of fused-ring (bicyclic) bond motifs is 1. The van der Waals surface area contributed by atoms with Crippen LogP contribution in [0, 0.1) is 5.92 Å². The van der Waals surface area contributed by atoms with Gasteiger partial charge < -0.3 is 11.1 Å². The van der Waals surface area contributed by atoms with Gasteiger partial charge in [0, 0.05) is 27.8 Å². The summed E-state index contributed by atoms with van der Waals surface area (Å²) in [7, 11) is 0. The summed E-state index contributed by atoms with van der Waals surface area (Å²) in [5.41, 5.74) is 8.77. The smallest absolute Gasteiger partial charge is 0.0954 e. The molecule has 0 amide bonds. The fourth-order valence-electron chi connectivity index (χ4n) is 2.27. The molecule has 102 valence electrons. The Bertz CT molecular complexity index is 581. The molecule has 0 aliphatic carbocycles. The van der Waals surface area contributed by atoms with E-state index in [-0.39, 0.29) is 0 Å². The van der Waals surface area contributed by atoms with Crippen molar-refractivity contribution in [2.24, 2.45) is 5.92 Å². The first-order chi connectivity index (χ1) is 9.02. The standard InChI is InChI=1S/C15H20BrN3/c1-4-13(9(2)3)19-14-6-5-12(17)11-7-10(16)8-18-15(11)14/h5-9,13,19H,4,17H2,1-3H3. The van der Waals surface area contributed by atoms with Gasteiger partial charge >= 0.3 is 0 Å². The number of nitrogens with zero attached hydrogens (tertiary/aromatic N) is 1. The van der Waals surface area contributed by atoms with E-state index >= 15 is 0 Å². The number of benzene rings is 1. The predicted octanol–water partition coefficient (Wildman–Crippen LogP) is 4.43. The average Bonchev–Trinajstić information content (AvgIpc) is 2.38. The highest BCUT2D eigenvalue weighted by Gasteiger charge is 2.13. The van der Waals surface area contributed by atoms with Crippen LogP contribution in [0.25, 0.3) is 10.9 Å². The lowest BCUT2D eigenvalue weighted by atomic mass is 10.0. The number of nitrogen functional groups attached to an aromatic ring is 1. The molecule has 0 saturated carbocycles. The van der Waals surface area contributed by atoms with E-state index in [1.807, 2.05) is 24.4 Å². The fourth-order valence-corrected chi connectivity index (χ4v) is 2.60. The lowest BCUT2D eigenvalue weighted by molar-refractivity contribution is 0.511. The molecule has 1 heterocycles. The number of hydrogen-bond acceptors (Lipinski definition) is 3. The molecule has 3 nitrogen and oxygen atoms in total. The van der Waals surface area contributed by atoms with E-state index in [0.29, 0.717) is 12.0 Å². The van der Waals surface area contributed by atoms with Gasteiger partial charge in [-0.15, -0.1) is 0 Å². The van der Waals surface area contributed by atoms with Gasteiger partial charge in [-0.3, -0.25) is 4.98 Å². The summed E-state index contributed by atoms with van der Waals surface area (Å²) in [5.74, 6) is 0.577. The summed E-state index contributed by atoms with van der Waals surface area (Å²) in [6, 6.07) is 6.41. The number of halogens is 1. The van der Waals surface area contributed by atoms with Gasteiger partial charge in [-0.25, -0.2) is 0 Å². The highest BCUT2D eigenvalue weighted by Crippen LogP contribution is 2.30. The van der Waals surface area contributed by atoms with Crippen LogP contribution in [0.1, 0.15) is 27.2 Å². The van der Waals surface area contributed by atoms with Crippen molar-refractivity contribution >= 4 is 38.2 Å². The number of hydrogen-bond donors (Lipinski definition) is 2. The highest BCUT2D eigenvalue weighted by molar-refractivity contribution is 9.10. The number of aromatic nitrogens is 1. The number of rotatable bonds is 4. The van der Waals surface area contributed by atoms with E-state index in [4.69, 9.17) is 5.73 Å². The summed E-state index contributed by atoms with van der Waals surface area (Å²) in [5, 5.41) is 4.57. The molecule has 0 aliphatic rings. The largest absolute Gasteiger partial charge is 0.398 e. The first kappa shape index (κ1) is 14.1. The zero-order valence-corrected chi connectivity index (χ0v) is 13.2. The zero-order chi connectivity index (χ0) is 14.0. The van der Waals surface area contributed by atoms with Gasteiger partial charge in [-0.1, -0.05) is 20.8 Å². The Labute approximate surface area is 122 Å². The maximum atomic E-state index is 6.03. The van der Waals surface area contributed by atoms with Crippen molar-refractivity contribution in [3.8, 4) is 0 Å². The Balaban J connectivity index is 2.47. The van der Waals surface area contributed by atoms with E-state index < -0.39 is 0 Å². The summed E-state index contributed by atoms with van der Waals surface area (Å²) in [4.78, 5) is 4.50. The molecule has 19 heavy (non-hydrogen) atoms. The third-order valence-corrected chi connectivity index (χ3v) is 3.87. The van der Waals surface area contributed by atoms with Crippen LogP contribution in [0.2, 0.25) is 0 Å². The zero-order valence-electron chi connectivity index (χ0n) is 11.6. The van der Waals surface area contributed by atoms with Gasteiger partial charge in [-0.2, -0.15) is 0 Å². The molecular weight excluding hydrogens is 302 g/mol. The maximum Gasteiger partial charge on any atom is 0.0954 e. The molecule has 1 unspecified atom stereocenters. The Morgan fingerprint density at radius 2 is 2.11 bits per heavy atom. The number of nitrogens with two attached hydrogens (primary N) is 1. The topological polar surface area (TPSA) is 50.9 Å². The summed E-state index contributed by atoms with van der Waals surface area (Å²) >= 11 is 3.44. The molecule has 0 spiro atoms. The predicted molar refractivity (Wildman–Crippen MR) is 86.4 cm³/mol. The average molecular weight is 322 g/mol. The lowest BCUT2D eigenvalue weighted by Crippen LogP contribution is -2.24. The molecule has 0 radical (unpaired) electrons. The second-order valence-corrected chi connectivity index (χ2v) is 6.07. The van der Waals surface area contributed by atoms with Crippen LogP contribution in [0.3, 0.4) is 0 Å². The van der Waals surface area contributed by atoms with Crippen molar-refractivity contribution in [3.63, 3.8) is 0 Å². The van der Waals surface area contributed by atoms with Gasteiger partial charge in [0.05, 0.1) is 11.2 Å². The van der Waals surface area contributed by atoms with Crippen LogP contribution in [0.15, 0.2) is 28.9 Å². The van der Waals surface area contributed by atoms with E-state index in [2.05, 4.69) is 47.0 Å². The Morgan fingerprint density at radius 3 is 2.74 bits per heavy atom. The highest BCUT2D eigenvalue weighted by atomic mass is 79.9. The van der Waals surface area contributed by atoms with Crippen LogP contribution in [0.5, 0.6) is 0 Å². The van der Waals surface area contributed by atoms with Gasteiger partial charge in [0.15, 0.2) is 0 Å². The van der Waals surface area contributed by atoms with Crippen molar-refractivity contribution in [1.29, 1.82) is 0 Å². The summed E-state index contributed by atoms with van der Waals surface area (Å²) in [6.45, 7) is 6.65. The summed E-state index contributed by atoms with van der Waals surface area (Å²) in [6.07, 6.45) is 2.89. The van der Waals surface area contributed by atoms with E-state index in [0.717, 1.165) is 33.2 Å². The van der Waals surface area contributed by atoms with Gasteiger partial charge in [0.1, 0.15) is 0 Å². The minimum Gasteiger partial charge on any atom is -0.398 e. The summed E-state index contributed by atoms with van der Waals surface area (Å²) < 4.78 is 0.944. The SMILES string of the molecule is CCC(Nc1ccc(N)c2cc(Br)cnc12)C(C)C. The monoisotopic (exact) mass is 321 g/mol. The second kappa shape index (κ2) is 5.78. The van der Waals surface area contributed by atoms with Crippen molar-refractivity contribution < 1.29 is 0 Å². The molecule has 1 aromatic heterocycles. The molecule has 0 aliphatic heterocycles. The molecular formula is C15H20BrN3. The molecule has 0 bridgehead atoms. The molecule has 4 heteroatoms. The van der Waals surface area contributed by atoms with Crippen molar-refractivity contribution in [1.82, 2.24) is 4.98 Å². The molecule has 0 saturated heterocycles. The van der Waals surface area contributed by atoms with Crippen LogP contribution in [0.4, 0.5) is 11.4 Å². The minimum absolute atomic E-state index is 0.442. The van der Waals surface area contributed by atoms with Gasteiger partial charge in [0.2, 0.25) is 0 Å². The molecule has 3 N–H and O–H groups in total. The third kappa shape index (κ3) is 3.00. The van der Waals surface area contributed by atoms with Crippen LogP contribution >= 0.6 is 15.9 Å². The normalized spacial score (nSPS) is 12.9. The second-order valence-electron chi connectivity index (χ2n) is 5.16. The Morgan fingerprint density at radius 1 is 1.37 bits per heavy atom. The molecule has 1 aromatic carbocycles.